The molecule has 1 fully saturated rings. The maximum absolute atomic E-state index is 12.1. The Bertz CT molecular complexity index is 304. The molecule has 1 aliphatic rings. The van der Waals surface area contributed by atoms with E-state index < -0.39 is 10.0 Å². The third kappa shape index (κ3) is 4.56. The maximum atomic E-state index is 12.1. The van der Waals surface area contributed by atoms with Gasteiger partial charge in [-0.15, -0.1) is 0 Å². The number of nitrogens with one attached hydrogen (secondary N) is 1. The second kappa shape index (κ2) is 7.34. The summed E-state index contributed by atoms with van der Waals surface area (Å²) in [5.41, 5.74) is 0. The molecule has 17 heavy (non-hydrogen) atoms. The predicted molar refractivity (Wildman–Crippen MR) is 71.6 cm³/mol. The van der Waals surface area contributed by atoms with E-state index >= 15 is 0 Å². The van der Waals surface area contributed by atoms with Crippen molar-refractivity contribution in [3.8, 4) is 0 Å². The number of hydrogen-bond donors (Lipinski definition) is 1. The smallest absolute Gasteiger partial charge is 0.214 e. The van der Waals surface area contributed by atoms with Crippen molar-refractivity contribution in [3.63, 3.8) is 0 Å². The van der Waals surface area contributed by atoms with Gasteiger partial charge in [0.05, 0.1) is 5.75 Å². The fourth-order valence-electron chi connectivity index (χ4n) is 2.38. The van der Waals surface area contributed by atoms with Gasteiger partial charge >= 0.3 is 0 Å². The first-order chi connectivity index (χ1) is 8.11. The van der Waals surface area contributed by atoms with Crippen LogP contribution in [0.4, 0.5) is 0 Å². The highest BCUT2D eigenvalue weighted by atomic mass is 32.2. The molecular formula is C12H26N2O2S. The summed E-state index contributed by atoms with van der Waals surface area (Å²) < 4.78 is 26.0. The molecule has 0 aromatic rings. The summed E-state index contributed by atoms with van der Waals surface area (Å²) in [6.07, 6.45) is 4.80. The van der Waals surface area contributed by atoms with Crippen molar-refractivity contribution in [2.45, 2.75) is 52.0 Å². The molecule has 102 valence electrons. The van der Waals surface area contributed by atoms with Crippen LogP contribution in [0.3, 0.4) is 0 Å². The van der Waals surface area contributed by atoms with E-state index in [1.807, 2.05) is 0 Å². The first-order valence-electron chi connectivity index (χ1n) is 6.82. The van der Waals surface area contributed by atoms with Crippen LogP contribution in [-0.4, -0.2) is 44.2 Å². The second-order valence-electron chi connectivity index (χ2n) is 4.73. The van der Waals surface area contributed by atoms with Crippen LogP contribution >= 0.6 is 0 Å². The highest BCUT2D eigenvalue weighted by molar-refractivity contribution is 7.89. The number of rotatable bonds is 8. The molecule has 1 heterocycles. The molecule has 1 unspecified atom stereocenters. The SMILES string of the molecule is CCCNCCCS(=O)(=O)N1CCCC1CC. The monoisotopic (exact) mass is 262 g/mol. The lowest BCUT2D eigenvalue weighted by atomic mass is 10.2. The standard InChI is InChI=1S/C12H26N2O2S/c1-3-8-13-9-6-11-17(15,16)14-10-5-7-12(14)4-2/h12-13H,3-11H2,1-2H3. The largest absolute Gasteiger partial charge is 0.317 e. The molecule has 1 N–H and O–H groups in total. The van der Waals surface area contributed by atoms with Gasteiger partial charge in [0, 0.05) is 12.6 Å². The maximum Gasteiger partial charge on any atom is 0.214 e. The van der Waals surface area contributed by atoms with Gasteiger partial charge in [-0.2, -0.15) is 4.31 Å². The average molecular weight is 262 g/mol. The van der Waals surface area contributed by atoms with Crippen LogP contribution in [0.25, 0.3) is 0 Å². The quantitative estimate of drug-likeness (QED) is 0.676. The van der Waals surface area contributed by atoms with E-state index in [1.54, 1.807) is 4.31 Å². The normalized spacial score (nSPS) is 22.1. The minimum atomic E-state index is -3.02. The van der Waals surface area contributed by atoms with Crippen LogP contribution in [0.5, 0.6) is 0 Å². The van der Waals surface area contributed by atoms with Crippen LogP contribution in [-0.2, 0) is 10.0 Å². The zero-order valence-corrected chi connectivity index (χ0v) is 11.9. The minimum absolute atomic E-state index is 0.253. The average Bonchev–Trinajstić information content (AvgIpc) is 2.77. The molecule has 1 saturated heterocycles. The summed E-state index contributed by atoms with van der Waals surface area (Å²) in [7, 11) is -3.02. The Morgan fingerprint density at radius 1 is 1.29 bits per heavy atom. The zero-order chi connectivity index (χ0) is 12.7. The topological polar surface area (TPSA) is 49.4 Å². The third-order valence-electron chi connectivity index (χ3n) is 3.33. The summed E-state index contributed by atoms with van der Waals surface area (Å²) in [4.78, 5) is 0. The summed E-state index contributed by atoms with van der Waals surface area (Å²) in [5.74, 6) is 0.292. The highest BCUT2D eigenvalue weighted by Crippen LogP contribution is 2.23. The van der Waals surface area contributed by atoms with Crippen molar-refractivity contribution in [2.24, 2.45) is 0 Å². The van der Waals surface area contributed by atoms with Crippen molar-refractivity contribution < 1.29 is 8.42 Å². The Labute approximate surface area is 106 Å². The van der Waals surface area contributed by atoms with Crippen LogP contribution in [0.1, 0.15) is 46.0 Å². The molecule has 0 amide bonds. The minimum Gasteiger partial charge on any atom is -0.317 e. The Morgan fingerprint density at radius 2 is 2.06 bits per heavy atom. The van der Waals surface area contributed by atoms with Gasteiger partial charge in [0.2, 0.25) is 10.0 Å². The molecule has 0 spiro atoms. The molecule has 4 nitrogen and oxygen atoms in total. The van der Waals surface area contributed by atoms with Crippen molar-refractivity contribution >= 4 is 10.0 Å². The van der Waals surface area contributed by atoms with Gasteiger partial charge in [0.15, 0.2) is 0 Å². The molecule has 0 aromatic carbocycles. The zero-order valence-electron chi connectivity index (χ0n) is 11.1. The van der Waals surface area contributed by atoms with Gasteiger partial charge in [0.1, 0.15) is 0 Å². The highest BCUT2D eigenvalue weighted by Gasteiger charge is 2.32. The lowest BCUT2D eigenvalue weighted by Crippen LogP contribution is -2.37. The van der Waals surface area contributed by atoms with E-state index in [0.717, 1.165) is 51.7 Å². The molecule has 1 aliphatic heterocycles. The van der Waals surface area contributed by atoms with Crippen LogP contribution in [0.15, 0.2) is 0 Å². The fourth-order valence-corrected chi connectivity index (χ4v) is 4.24. The van der Waals surface area contributed by atoms with Gasteiger partial charge in [-0.25, -0.2) is 8.42 Å². The van der Waals surface area contributed by atoms with Crippen LogP contribution in [0, 0.1) is 0 Å². The van der Waals surface area contributed by atoms with E-state index in [4.69, 9.17) is 0 Å². The van der Waals surface area contributed by atoms with Crippen molar-refractivity contribution in [1.29, 1.82) is 0 Å². The first-order valence-corrected chi connectivity index (χ1v) is 8.43. The lowest BCUT2D eigenvalue weighted by molar-refractivity contribution is 0.379. The number of sulfonamides is 1. The molecule has 0 aliphatic carbocycles. The van der Waals surface area contributed by atoms with E-state index in [9.17, 15) is 8.42 Å². The Hall–Kier alpha value is -0.130. The van der Waals surface area contributed by atoms with Gasteiger partial charge < -0.3 is 5.32 Å². The van der Waals surface area contributed by atoms with Gasteiger partial charge in [-0.05, 0) is 45.2 Å². The molecular weight excluding hydrogens is 236 g/mol. The van der Waals surface area contributed by atoms with Gasteiger partial charge in [-0.1, -0.05) is 13.8 Å². The molecule has 5 heteroatoms. The van der Waals surface area contributed by atoms with Crippen LogP contribution in [0.2, 0.25) is 0 Å². The molecule has 0 bridgehead atoms. The number of nitrogens with zero attached hydrogens (tertiary/aromatic N) is 1. The third-order valence-corrected chi connectivity index (χ3v) is 5.33. The summed E-state index contributed by atoms with van der Waals surface area (Å²) in [5, 5.41) is 3.24. The Kier molecular flexibility index (Phi) is 6.44. The van der Waals surface area contributed by atoms with Crippen molar-refractivity contribution in [2.75, 3.05) is 25.4 Å². The Morgan fingerprint density at radius 3 is 2.71 bits per heavy atom. The Balaban J connectivity index is 2.35. The lowest BCUT2D eigenvalue weighted by Gasteiger charge is -2.22. The van der Waals surface area contributed by atoms with Crippen molar-refractivity contribution in [3.05, 3.63) is 0 Å². The van der Waals surface area contributed by atoms with E-state index in [1.165, 1.54) is 0 Å². The second-order valence-corrected chi connectivity index (χ2v) is 6.78. The predicted octanol–water partition coefficient (Wildman–Crippen LogP) is 1.58. The molecule has 1 atom stereocenters. The van der Waals surface area contributed by atoms with E-state index in [2.05, 4.69) is 19.2 Å². The summed E-state index contributed by atoms with van der Waals surface area (Å²) in [6.45, 7) is 6.68. The van der Waals surface area contributed by atoms with E-state index in [0.29, 0.717) is 5.75 Å². The first kappa shape index (κ1) is 14.9. The molecule has 1 rings (SSSR count). The summed E-state index contributed by atoms with van der Waals surface area (Å²) >= 11 is 0. The molecule has 0 radical (unpaired) electrons. The van der Waals surface area contributed by atoms with Crippen LogP contribution < -0.4 is 5.32 Å². The molecule has 0 saturated carbocycles. The molecule has 0 aromatic heterocycles. The fraction of sp³-hybridized carbons (Fsp3) is 1.00. The van der Waals surface area contributed by atoms with Gasteiger partial charge in [0.25, 0.3) is 0 Å². The van der Waals surface area contributed by atoms with E-state index in [-0.39, 0.29) is 6.04 Å². The summed E-state index contributed by atoms with van der Waals surface area (Å²) in [6, 6.07) is 0.253. The van der Waals surface area contributed by atoms with Gasteiger partial charge in [-0.3, -0.25) is 0 Å². The van der Waals surface area contributed by atoms with Crippen molar-refractivity contribution in [1.82, 2.24) is 9.62 Å². The number of hydrogen-bond acceptors (Lipinski definition) is 3.